The Kier molecular flexibility index (Phi) is 3.20. The molecule has 0 amide bonds. The molecule has 1 aromatic rings. The summed E-state index contributed by atoms with van der Waals surface area (Å²) in [6.45, 7) is 3.71. The van der Waals surface area contributed by atoms with Gasteiger partial charge >= 0.3 is 0 Å². The van der Waals surface area contributed by atoms with E-state index in [-0.39, 0.29) is 5.56 Å². The Morgan fingerprint density at radius 2 is 2.06 bits per heavy atom. The summed E-state index contributed by atoms with van der Waals surface area (Å²) in [5.41, 5.74) is 1.98. The van der Waals surface area contributed by atoms with Crippen LogP contribution in [0.15, 0.2) is 4.79 Å². The van der Waals surface area contributed by atoms with E-state index >= 15 is 0 Å². The Morgan fingerprint density at radius 3 is 2.83 bits per heavy atom. The topological polar surface area (TPSA) is 49.0 Å². The van der Waals surface area contributed by atoms with Crippen molar-refractivity contribution in [1.82, 2.24) is 14.9 Å². The minimum atomic E-state index is 0.0676. The van der Waals surface area contributed by atoms with Gasteiger partial charge in [0, 0.05) is 25.6 Å². The van der Waals surface area contributed by atoms with Crippen LogP contribution in [0.2, 0.25) is 0 Å². The first-order valence-corrected chi connectivity index (χ1v) is 7.07. The maximum absolute atomic E-state index is 12.0. The normalized spacial score (nSPS) is 21.8. The molecule has 0 saturated heterocycles. The lowest BCUT2D eigenvalue weighted by Gasteiger charge is -2.36. The fraction of sp³-hybridized carbons (Fsp3) is 0.714. The van der Waals surface area contributed by atoms with Crippen LogP contribution in [0.3, 0.4) is 0 Å². The number of nitrogens with zero attached hydrogens (tertiary/aromatic N) is 2. The molecule has 3 rings (SSSR count). The molecule has 1 aromatic heterocycles. The monoisotopic (exact) mass is 247 g/mol. The maximum atomic E-state index is 12.0. The van der Waals surface area contributed by atoms with Gasteiger partial charge in [-0.05, 0) is 19.8 Å². The van der Waals surface area contributed by atoms with Gasteiger partial charge < -0.3 is 4.98 Å². The Bertz CT molecular complexity index is 488. The van der Waals surface area contributed by atoms with Gasteiger partial charge in [0.25, 0.3) is 5.56 Å². The van der Waals surface area contributed by atoms with Crippen LogP contribution in [0.5, 0.6) is 0 Å². The zero-order valence-corrected chi connectivity index (χ0v) is 11.0. The van der Waals surface area contributed by atoms with Crippen LogP contribution in [0.25, 0.3) is 0 Å². The third kappa shape index (κ3) is 2.21. The molecule has 1 fully saturated rings. The van der Waals surface area contributed by atoms with Crippen LogP contribution in [0.1, 0.15) is 49.2 Å². The lowest BCUT2D eigenvalue weighted by atomic mass is 9.92. The molecule has 4 heteroatoms. The summed E-state index contributed by atoms with van der Waals surface area (Å²) in [5, 5.41) is 0. The zero-order chi connectivity index (χ0) is 12.5. The van der Waals surface area contributed by atoms with E-state index in [9.17, 15) is 4.79 Å². The van der Waals surface area contributed by atoms with Gasteiger partial charge in [0.1, 0.15) is 5.82 Å². The first-order valence-electron chi connectivity index (χ1n) is 7.07. The highest BCUT2D eigenvalue weighted by atomic mass is 16.1. The van der Waals surface area contributed by atoms with Gasteiger partial charge in [-0.25, -0.2) is 4.98 Å². The number of aromatic nitrogens is 2. The number of aryl methyl sites for hydroxylation is 1. The van der Waals surface area contributed by atoms with Crippen molar-refractivity contribution in [2.24, 2.45) is 0 Å². The van der Waals surface area contributed by atoms with E-state index in [0.717, 1.165) is 36.6 Å². The highest BCUT2D eigenvalue weighted by molar-refractivity contribution is 5.20. The lowest BCUT2D eigenvalue weighted by Crippen LogP contribution is -2.43. The van der Waals surface area contributed by atoms with Gasteiger partial charge in [-0.1, -0.05) is 19.3 Å². The van der Waals surface area contributed by atoms with Crippen molar-refractivity contribution in [3.63, 3.8) is 0 Å². The fourth-order valence-electron chi connectivity index (χ4n) is 3.33. The molecule has 1 saturated carbocycles. The predicted octanol–water partition coefficient (Wildman–Crippen LogP) is 1.77. The van der Waals surface area contributed by atoms with E-state index in [4.69, 9.17) is 0 Å². The molecule has 1 aliphatic carbocycles. The molecule has 18 heavy (non-hydrogen) atoms. The van der Waals surface area contributed by atoms with E-state index in [2.05, 4.69) is 14.9 Å². The second-order valence-electron chi connectivity index (χ2n) is 5.59. The number of aromatic amines is 1. The van der Waals surface area contributed by atoms with Crippen molar-refractivity contribution in [3.05, 3.63) is 27.4 Å². The Hall–Kier alpha value is -1.16. The number of hydrogen-bond acceptors (Lipinski definition) is 3. The number of rotatable bonds is 1. The molecular weight excluding hydrogens is 226 g/mol. The first-order chi connectivity index (χ1) is 8.74. The smallest absolute Gasteiger partial charge is 0.255 e. The second-order valence-corrected chi connectivity index (χ2v) is 5.59. The molecular formula is C14H21N3O. The lowest BCUT2D eigenvalue weighted by molar-refractivity contribution is 0.139. The van der Waals surface area contributed by atoms with Gasteiger partial charge in [-0.15, -0.1) is 0 Å². The van der Waals surface area contributed by atoms with E-state index in [1.807, 2.05) is 6.92 Å². The molecule has 2 aliphatic rings. The Labute approximate surface area is 107 Å². The summed E-state index contributed by atoms with van der Waals surface area (Å²) in [6, 6.07) is 0.688. The summed E-state index contributed by atoms with van der Waals surface area (Å²) in [5.74, 6) is 0.741. The van der Waals surface area contributed by atoms with Crippen LogP contribution in [-0.2, 0) is 13.0 Å². The maximum Gasteiger partial charge on any atom is 0.255 e. The van der Waals surface area contributed by atoms with Crippen molar-refractivity contribution in [3.8, 4) is 0 Å². The van der Waals surface area contributed by atoms with Crippen molar-refractivity contribution in [1.29, 1.82) is 0 Å². The summed E-state index contributed by atoms with van der Waals surface area (Å²) in [6.07, 6.45) is 7.59. The molecule has 1 aliphatic heterocycles. The molecule has 4 nitrogen and oxygen atoms in total. The van der Waals surface area contributed by atoms with Crippen molar-refractivity contribution < 1.29 is 0 Å². The summed E-state index contributed by atoms with van der Waals surface area (Å²) >= 11 is 0. The zero-order valence-electron chi connectivity index (χ0n) is 11.0. The third-order valence-corrected chi connectivity index (χ3v) is 4.31. The van der Waals surface area contributed by atoms with Crippen molar-refractivity contribution in [2.45, 2.75) is 58.0 Å². The molecule has 1 N–H and O–H groups in total. The van der Waals surface area contributed by atoms with Gasteiger partial charge in [-0.2, -0.15) is 0 Å². The molecule has 0 unspecified atom stereocenters. The molecule has 2 heterocycles. The second kappa shape index (κ2) is 4.84. The number of hydrogen-bond donors (Lipinski definition) is 1. The first kappa shape index (κ1) is 11.9. The fourth-order valence-corrected chi connectivity index (χ4v) is 3.33. The van der Waals surface area contributed by atoms with Crippen LogP contribution >= 0.6 is 0 Å². The van der Waals surface area contributed by atoms with E-state index in [1.54, 1.807) is 0 Å². The van der Waals surface area contributed by atoms with E-state index < -0.39 is 0 Å². The van der Waals surface area contributed by atoms with Crippen LogP contribution in [0.4, 0.5) is 0 Å². The quantitative estimate of drug-likeness (QED) is 0.822. The molecule has 98 valence electrons. The standard InChI is InChI=1S/C14H21N3O/c1-10-15-13-7-8-17(9-12(13)14(18)16-10)11-5-3-2-4-6-11/h11H,2-9H2,1H3,(H,15,16,18). The Morgan fingerprint density at radius 1 is 1.28 bits per heavy atom. The third-order valence-electron chi connectivity index (χ3n) is 4.31. The van der Waals surface area contributed by atoms with Gasteiger partial charge in [0.05, 0.1) is 11.3 Å². The average molecular weight is 247 g/mol. The highest BCUT2D eigenvalue weighted by Gasteiger charge is 2.27. The van der Waals surface area contributed by atoms with Crippen LogP contribution in [0, 0.1) is 6.92 Å². The minimum Gasteiger partial charge on any atom is -0.310 e. The SMILES string of the molecule is Cc1nc2c(c(=O)[nH]1)CN(C1CCCCC1)CC2. The van der Waals surface area contributed by atoms with Crippen molar-refractivity contribution in [2.75, 3.05) is 6.54 Å². The molecule has 0 aromatic carbocycles. The predicted molar refractivity (Wildman–Crippen MR) is 70.6 cm³/mol. The van der Waals surface area contributed by atoms with Gasteiger partial charge in [0.15, 0.2) is 0 Å². The van der Waals surface area contributed by atoms with Gasteiger partial charge in [-0.3, -0.25) is 9.69 Å². The number of H-pyrrole nitrogens is 1. The summed E-state index contributed by atoms with van der Waals surface area (Å²) in [4.78, 5) is 21.8. The highest BCUT2D eigenvalue weighted by Crippen LogP contribution is 2.26. The minimum absolute atomic E-state index is 0.0676. The van der Waals surface area contributed by atoms with Crippen LogP contribution in [-0.4, -0.2) is 27.5 Å². The van der Waals surface area contributed by atoms with E-state index in [0.29, 0.717) is 6.04 Å². The van der Waals surface area contributed by atoms with Crippen molar-refractivity contribution >= 4 is 0 Å². The summed E-state index contributed by atoms with van der Waals surface area (Å²) < 4.78 is 0. The number of nitrogens with one attached hydrogen (secondary N) is 1. The molecule has 0 bridgehead atoms. The number of fused-ring (bicyclic) bond motifs is 1. The molecule has 0 spiro atoms. The largest absolute Gasteiger partial charge is 0.310 e. The Balaban J connectivity index is 1.82. The van der Waals surface area contributed by atoms with Crippen LogP contribution < -0.4 is 5.56 Å². The van der Waals surface area contributed by atoms with Gasteiger partial charge in [0.2, 0.25) is 0 Å². The average Bonchev–Trinajstić information content (AvgIpc) is 2.39. The summed E-state index contributed by atoms with van der Waals surface area (Å²) in [7, 11) is 0. The molecule has 0 radical (unpaired) electrons. The molecule has 0 atom stereocenters. The van der Waals surface area contributed by atoms with E-state index in [1.165, 1.54) is 32.1 Å².